The van der Waals surface area contributed by atoms with Crippen molar-refractivity contribution in [3.05, 3.63) is 41.8 Å². The van der Waals surface area contributed by atoms with Gasteiger partial charge in [-0.1, -0.05) is 24.6 Å². The van der Waals surface area contributed by atoms with Crippen molar-refractivity contribution in [2.24, 2.45) is 11.3 Å². The van der Waals surface area contributed by atoms with Crippen LogP contribution in [0.25, 0.3) is 10.4 Å². The van der Waals surface area contributed by atoms with Gasteiger partial charge in [-0.2, -0.15) is 0 Å². The van der Waals surface area contributed by atoms with E-state index in [1.165, 1.54) is 0 Å². The van der Waals surface area contributed by atoms with E-state index in [0.717, 1.165) is 29.0 Å². The highest BCUT2D eigenvalue weighted by molar-refractivity contribution is 7.13. The van der Waals surface area contributed by atoms with Gasteiger partial charge in [0.2, 0.25) is 0 Å². The predicted octanol–water partition coefficient (Wildman–Crippen LogP) is 4.13. The van der Waals surface area contributed by atoms with Crippen molar-refractivity contribution in [3.8, 4) is 10.4 Å². The monoisotopic (exact) mass is 356 g/mol. The molecule has 130 valence electrons. The molecule has 25 heavy (non-hydrogen) atoms. The van der Waals surface area contributed by atoms with Gasteiger partial charge in [-0.05, 0) is 47.9 Å². The normalized spacial score (nSPS) is 25.0. The van der Waals surface area contributed by atoms with E-state index in [1.54, 1.807) is 16.2 Å². The lowest BCUT2D eigenvalue weighted by Crippen LogP contribution is -2.38. The molecule has 5 nitrogen and oxygen atoms in total. The summed E-state index contributed by atoms with van der Waals surface area (Å²) >= 11 is 1.65. The van der Waals surface area contributed by atoms with Crippen LogP contribution in [0.3, 0.4) is 0 Å². The van der Waals surface area contributed by atoms with E-state index in [4.69, 9.17) is 0 Å². The molecule has 1 saturated heterocycles. The first-order chi connectivity index (χ1) is 12.1. The average molecular weight is 356 g/mol. The number of likely N-dealkylation sites (tertiary alicyclic amines) is 1. The molecule has 2 aliphatic rings. The maximum absolute atomic E-state index is 12.6. The molecule has 1 aromatic heterocycles. The second kappa shape index (κ2) is 6.19. The van der Waals surface area contributed by atoms with Crippen molar-refractivity contribution in [2.45, 2.75) is 19.3 Å². The number of carboxylic acid groups (broad SMARTS) is 1. The number of urea groups is 1. The quantitative estimate of drug-likeness (QED) is 0.868. The summed E-state index contributed by atoms with van der Waals surface area (Å²) in [6.07, 6.45) is 2.50. The molecule has 2 atom stereocenters. The van der Waals surface area contributed by atoms with Gasteiger partial charge >= 0.3 is 12.0 Å². The molecule has 2 heterocycles. The van der Waals surface area contributed by atoms with Gasteiger partial charge in [-0.15, -0.1) is 11.3 Å². The van der Waals surface area contributed by atoms with Crippen LogP contribution in [0.2, 0.25) is 0 Å². The van der Waals surface area contributed by atoms with Crippen molar-refractivity contribution < 1.29 is 14.7 Å². The Hall–Kier alpha value is -2.34. The van der Waals surface area contributed by atoms with E-state index in [-0.39, 0.29) is 11.9 Å². The lowest BCUT2D eigenvalue weighted by molar-refractivity contribution is -0.149. The Bertz CT molecular complexity index is 805. The number of nitrogens with zero attached hydrogens (tertiary/aromatic N) is 1. The predicted molar refractivity (Wildman–Crippen MR) is 97.8 cm³/mol. The molecule has 0 unspecified atom stereocenters. The number of carbonyl (C=O) groups is 2. The summed E-state index contributed by atoms with van der Waals surface area (Å²) in [7, 11) is 0. The van der Waals surface area contributed by atoms with Gasteiger partial charge in [0, 0.05) is 23.7 Å². The minimum Gasteiger partial charge on any atom is -0.481 e. The van der Waals surface area contributed by atoms with Gasteiger partial charge in [-0.25, -0.2) is 4.79 Å². The number of amides is 2. The summed E-state index contributed by atoms with van der Waals surface area (Å²) < 4.78 is 0. The van der Waals surface area contributed by atoms with Crippen molar-refractivity contribution >= 4 is 29.0 Å². The van der Waals surface area contributed by atoms with Crippen LogP contribution < -0.4 is 5.32 Å². The fourth-order valence-electron chi connectivity index (χ4n) is 4.19. The van der Waals surface area contributed by atoms with Crippen LogP contribution in [-0.2, 0) is 4.79 Å². The highest BCUT2D eigenvalue weighted by Gasteiger charge is 2.55. The van der Waals surface area contributed by atoms with Crippen LogP contribution in [0, 0.1) is 11.3 Å². The highest BCUT2D eigenvalue weighted by Crippen LogP contribution is 2.48. The van der Waals surface area contributed by atoms with Gasteiger partial charge in [-0.3, -0.25) is 4.79 Å². The first-order valence-corrected chi connectivity index (χ1v) is 9.40. The zero-order valence-corrected chi connectivity index (χ0v) is 14.6. The lowest BCUT2D eigenvalue weighted by atomic mass is 9.81. The first kappa shape index (κ1) is 16.1. The minimum atomic E-state index is -0.759. The maximum atomic E-state index is 12.6. The van der Waals surface area contributed by atoms with E-state index in [2.05, 4.69) is 5.32 Å². The van der Waals surface area contributed by atoms with Crippen LogP contribution in [0.15, 0.2) is 41.8 Å². The average Bonchev–Trinajstić information content (AvgIpc) is 3.30. The molecule has 0 spiro atoms. The molecule has 2 fully saturated rings. The molecular weight excluding hydrogens is 336 g/mol. The number of nitrogens with one attached hydrogen (secondary N) is 1. The fraction of sp³-hybridized carbons (Fsp3) is 0.368. The Morgan fingerprint density at radius 3 is 2.88 bits per heavy atom. The van der Waals surface area contributed by atoms with Crippen LogP contribution in [-0.4, -0.2) is 35.1 Å². The Balaban J connectivity index is 1.48. The molecule has 1 saturated carbocycles. The molecule has 4 rings (SSSR count). The van der Waals surface area contributed by atoms with E-state index in [9.17, 15) is 14.7 Å². The standard InChI is InChI=1S/C19H20N2O3S/c22-17(23)19-8-2-5-14(19)11-21(12-19)18(24)20-15-6-1-4-13(10-15)16-7-3-9-25-16/h1,3-4,6-7,9-10,14H,2,5,8,11-12H2,(H,20,24)(H,22,23)/t14-,19+/m0/s1. The summed E-state index contributed by atoms with van der Waals surface area (Å²) in [5.41, 5.74) is 1.06. The molecule has 1 aliphatic carbocycles. The third kappa shape index (κ3) is 2.80. The number of thiophene rings is 1. The number of rotatable bonds is 3. The fourth-order valence-corrected chi connectivity index (χ4v) is 4.91. The van der Waals surface area contributed by atoms with E-state index < -0.39 is 11.4 Å². The summed E-state index contributed by atoms with van der Waals surface area (Å²) in [4.78, 5) is 27.2. The third-order valence-electron chi connectivity index (χ3n) is 5.50. The molecular formula is C19H20N2O3S. The smallest absolute Gasteiger partial charge is 0.321 e. The summed E-state index contributed by atoms with van der Waals surface area (Å²) in [6, 6.07) is 11.6. The van der Waals surface area contributed by atoms with Gasteiger partial charge in [0.05, 0.1) is 5.41 Å². The van der Waals surface area contributed by atoms with Crippen LogP contribution in [0.5, 0.6) is 0 Å². The number of anilines is 1. The maximum Gasteiger partial charge on any atom is 0.321 e. The molecule has 2 amide bonds. The molecule has 1 aromatic carbocycles. The number of hydrogen-bond acceptors (Lipinski definition) is 3. The Kier molecular flexibility index (Phi) is 4.00. The zero-order chi connectivity index (χ0) is 17.4. The van der Waals surface area contributed by atoms with Crippen LogP contribution in [0.1, 0.15) is 19.3 Å². The number of hydrogen-bond donors (Lipinski definition) is 2. The molecule has 1 aliphatic heterocycles. The van der Waals surface area contributed by atoms with Gasteiger partial charge in [0.25, 0.3) is 0 Å². The zero-order valence-electron chi connectivity index (χ0n) is 13.8. The molecule has 0 bridgehead atoms. The molecule has 0 radical (unpaired) electrons. The second-order valence-corrected chi connectivity index (χ2v) is 7.87. The van der Waals surface area contributed by atoms with Crippen molar-refractivity contribution in [2.75, 3.05) is 18.4 Å². The van der Waals surface area contributed by atoms with Gasteiger partial charge in [0.1, 0.15) is 0 Å². The summed E-state index contributed by atoms with van der Waals surface area (Å²) in [6.45, 7) is 0.839. The molecule has 2 N–H and O–H groups in total. The largest absolute Gasteiger partial charge is 0.481 e. The first-order valence-electron chi connectivity index (χ1n) is 8.52. The number of fused-ring (bicyclic) bond motifs is 1. The minimum absolute atomic E-state index is 0.0770. The number of carboxylic acids is 1. The van der Waals surface area contributed by atoms with E-state index in [0.29, 0.717) is 19.5 Å². The summed E-state index contributed by atoms with van der Waals surface area (Å²) in [5.74, 6) is -0.682. The summed E-state index contributed by atoms with van der Waals surface area (Å²) in [5, 5.41) is 14.6. The highest BCUT2D eigenvalue weighted by atomic mass is 32.1. The van der Waals surface area contributed by atoms with Crippen LogP contribution >= 0.6 is 11.3 Å². The van der Waals surface area contributed by atoms with Gasteiger partial charge < -0.3 is 15.3 Å². The Labute approximate surface area is 150 Å². The Morgan fingerprint density at radius 1 is 1.28 bits per heavy atom. The van der Waals surface area contributed by atoms with Crippen LogP contribution in [0.4, 0.5) is 10.5 Å². The van der Waals surface area contributed by atoms with Crippen molar-refractivity contribution in [1.82, 2.24) is 4.90 Å². The third-order valence-corrected chi connectivity index (χ3v) is 6.42. The number of aliphatic carboxylic acids is 1. The lowest BCUT2D eigenvalue weighted by Gasteiger charge is -2.23. The number of benzene rings is 1. The topological polar surface area (TPSA) is 69.6 Å². The van der Waals surface area contributed by atoms with Crippen molar-refractivity contribution in [1.29, 1.82) is 0 Å². The molecule has 6 heteroatoms. The Morgan fingerprint density at radius 2 is 2.16 bits per heavy atom. The second-order valence-electron chi connectivity index (χ2n) is 6.92. The SMILES string of the molecule is O=C(Nc1cccc(-c2cccs2)c1)N1C[C@@H]2CCC[C@@]2(C(=O)O)C1. The van der Waals surface area contributed by atoms with Crippen molar-refractivity contribution in [3.63, 3.8) is 0 Å². The molecule has 2 aromatic rings. The van der Waals surface area contributed by atoms with E-state index >= 15 is 0 Å². The van der Waals surface area contributed by atoms with Gasteiger partial charge in [0.15, 0.2) is 0 Å². The van der Waals surface area contributed by atoms with E-state index in [1.807, 2.05) is 41.8 Å². The number of carbonyl (C=O) groups excluding carboxylic acids is 1.